The molecule has 0 bridgehead atoms. The SMILES string of the molecule is CC1CC(C)CN(CCOc2ccc(Cl)cc2Br)C1. The molecule has 4 heteroatoms. The van der Waals surface area contributed by atoms with Gasteiger partial charge in [-0.15, -0.1) is 0 Å². The topological polar surface area (TPSA) is 12.5 Å². The van der Waals surface area contributed by atoms with Crippen molar-refractivity contribution in [1.82, 2.24) is 4.90 Å². The van der Waals surface area contributed by atoms with Crippen LogP contribution in [0.1, 0.15) is 20.3 Å². The van der Waals surface area contributed by atoms with E-state index in [2.05, 4.69) is 34.7 Å². The predicted molar refractivity (Wildman–Crippen MR) is 84.0 cm³/mol. The van der Waals surface area contributed by atoms with Gasteiger partial charge >= 0.3 is 0 Å². The van der Waals surface area contributed by atoms with Crippen LogP contribution < -0.4 is 4.74 Å². The molecular formula is C15H21BrClNO. The number of benzene rings is 1. The average molecular weight is 347 g/mol. The van der Waals surface area contributed by atoms with Crippen LogP contribution >= 0.6 is 27.5 Å². The molecule has 1 aromatic carbocycles. The Labute approximate surface area is 129 Å². The first-order chi connectivity index (χ1) is 9.04. The van der Waals surface area contributed by atoms with Gasteiger partial charge in [0, 0.05) is 24.7 Å². The second kappa shape index (κ2) is 6.96. The molecule has 0 radical (unpaired) electrons. The minimum atomic E-state index is 0.720. The minimum absolute atomic E-state index is 0.720. The lowest BCUT2D eigenvalue weighted by atomic mass is 9.92. The average Bonchev–Trinajstić information content (AvgIpc) is 2.30. The van der Waals surface area contributed by atoms with E-state index in [1.807, 2.05) is 18.2 Å². The van der Waals surface area contributed by atoms with Crippen molar-refractivity contribution in [3.8, 4) is 5.75 Å². The second-order valence-corrected chi connectivity index (χ2v) is 6.92. The molecule has 1 saturated heterocycles. The lowest BCUT2D eigenvalue weighted by Gasteiger charge is -2.34. The lowest BCUT2D eigenvalue weighted by molar-refractivity contribution is 0.120. The molecule has 1 fully saturated rings. The molecule has 1 aliphatic rings. The van der Waals surface area contributed by atoms with E-state index in [4.69, 9.17) is 16.3 Å². The molecule has 1 aliphatic heterocycles. The molecule has 2 rings (SSSR count). The quantitative estimate of drug-likeness (QED) is 0.798. The zero-order valence-electron chi connectivity index (χ0n) is 11.5. The van der Waals surface area contributed by atoms with Gasteiger partial charge in [0.15, 0.2) is 0 Å². The van der Waals surface area contributed by atoms with Crippen molar-refractivity contribution in [3.63, 3.8) is 0 Å². The second-order valence-electron chi connectivity index (χ2n) is 5.63. The number of hydrogen-bond donors (Lipinski definition) is 0. The Morgan fingerprint density at radius 2 is 2.00 bits per heavy atom. The summed E-state index contributed by atoms with van der Waals surface area (Å²) in [5.74, 6) is 2.46. The first-order valence-corrected chi connectivity index (χ1v) is 8.02. The van der Waals surface area contributed by atoms with Crippen LogP contribution in [-0.4, -0.2) is 31.1 Å². The Kier molecular flexibility index (Phi) is 5.55. The molecule has 1 heterocycles. The van der Waals surface area contributed by atoms with E-state index in [1.165, 1.54) is 19.5 Å². The summed E-state index contributed by atoms with van der Waals surface area (Å²) in [6.45, 7) is 8.76. The Hall–Kier alpha value is -0.250. The van der Waals surface area contributed by atoms with Crippen molar-refractivity contribution in [2.45, 2.75) is 20.3 Å². The van der Waals surface area contributed by atoms with Crippen LogP contribution in [0.15, 0.2) is 22.7 Å². The molecular weight excluding hydrogens is 326 g/mol. The van der Waals surface area contributed by atoms with Gasteiger partial charge in [-0.25, -0.2) is 0 Å². The molecule has 0 spiro atoms. The van der Waals surface area contributed by atoms with Gasteiger partial charge < -0.3 is 4.74 Å². The number of nitrogens with zero attached hydrogens (tertiary/aromatic N) is 1. The molecule has 106 valence electrons. The number of halogens is 2. The fraction of sp³-hybridized carbons (Fsp3) is 0.600. The molecule has 0 aromatic heterocycles. The molecule has 0 N–H and O–H groups in total. The predicted octanol–water partition coefficient (Wildman–Crippen LogP) is 4.46. The Morgan fingerprint density at radius 3 is 2.63 bits per heavy atom. The first-order valence-electron chi connectivity index (χ1n) is 6.85. The molecule has 1 aromatic rings. The molecule has 19 heavy (non-hydrogen) atoms. The third-order valence-corrected chi connectivity index (χ3v) is 4.36. The van der Waals surface area contributed by atoms with Gasteiger partial charge in [0.05, 0.1) is 4.47 Å². The molecule has 0 saturated carbocycles. The molecule has 0 aliphatic carbocycles. The van der Waals surface area contributed by atoms with E-state index in [-0.39, 0.29) is 0 Å². The summed E-state index contributed by atoms with van der Waals surface area (Å²) in [5, 5.41) is 0.720. The standard InChI is InChI=1S/C15H21BrClNO/c1-11-7-12(2)10-18(9-11)5-6-19-15-4-3-13(17)8-14(15)16/h3-4,8,11-12H,5-7,9-10H2,1-2H3. The summed E-state index contributed by atoms with van der Waals surface area (Å²) >= 11 is 9.38. The van der Waals surface area contributed by atoms with Crippen LogP contribution in [0, 0.1) is 11.8 Å². The highest BCUT2D eigenvalue weighted by Gasteiger charge is 2.21. The van der Waals surface area contributed by atoms with Gasteiger partial charge in [-0.3, -0.25) is 4.90 Å². The van der Waals surface area contributed by atoms with Crippen LogP contribution in [0.25, 0.3) is 0 Å². The number of hydrogen-bond acceptors (Lipinski definition) is 2. The highest BCUT2D eigenvalue weighted by Crippen LogP contribution is 2.28. The van der Waals surface area contributed by atoms with E-state index >= 15 is 0 Å². The van der Waals surface area contributed by atoms with Gasteiger partial charge in [-0.1, -0.05) is 25.4 Å². The summed E-state index contributed by atoms with van der Waals surface area (Å²) in [6.07, 6.45) is 1.35. The summed E-state index contributed by atoms with van der Waals surface area (Å²) < 4.78 is 6.73. The van der Waals surface area contributed by atoms with E-state index in [0.29, 0.717) is 0 Å². The van der Waals surface area contributed by atoms with Gasteiger partial charge in [0.1, 0.15) is 12.4 Å². The normalized spacial score (nSPS) is 24.4. The largest absolute Gasteiger partial charge is 0.491 e. The monoisotopic (exact) mass is 345 g/mol. The third kappa shape index (κ3) is 4.66. The number of ether oxygens (including phenoxy) is 1. The van der Waals surface area contributed by atoms with Crippen LogP contribution in [0.3, 0.4) is 0 Å². The smallest absolute Gasteiger partial charge is 0.133 e. The maximum absolute atomic E-state index is 5.91. The van der Waals surface area contributed by atoms with Gasteiger partial charge in [0.25, 0.3) is 0 Å². The zero-order valence-corrected chi connectivity index (χ0v) is 13.9. The Bertz CT molecular complexity index is 417. The van der Waals surface area contributed by atoms with Crippen molar-refractivity contribution in [2.24, 2.45) is 11.8 Å². The van der Waals surface area contributed by atoms with Gasteiger partial charge in [0.2, 0.25) is 0 Å². The van der Waals surface area contributed by atoms with Crippen LogP contribution in [0.5, 0.6) is 5.75 Å². The fourth-order valence-corrected chi connectivity index (χ4v) is 3.65. The maximum Gasteiger partial charge on any atom is 0.133 e. The van der Waals surface area contributed by atoms with Crippen molar-refractivity contribution in [1.29, 1.82) is 0 Å². The highest BCUT2D eigenvalue weighted by atomic mass is 79.9. The van der Waals surface area contributed by atoms with Crippen LogP contribution in [0.2, 0.25) is 5.02 Å². The number of likely N-dealkylation sites (tertiary alicyclic amines) is 1. The Balaban J connectivity index is 1.80. The lowest BCUT2D eigenvalue weighted by Crippen LogP contribution is -2.40. The molecule has 2 atom stereocenters. The van der Waals surface area contributed by atoms with E-state index in [9.17, 15) is 0 Å². The fourth-order valence-electron chi connectivity index (χ4n) is 2.85. The molecule has 0 amide bonds. The van der Waals surface area contributed by atoms with E-state index in [0.717, 1.165) is 40.2 Å². The summed E-state index contributed by atoms with van der Waals surface area (Å²) in [7, 11) is 0. The Morgan fingerprint density at radius 1 is 1.32 bits per heavy atom. The molecule has 2 nitrogen and oxygen atoms in total. The third-order valence-electron chi connectivity index (χ3n) is 3.50. The van der Waals surface area contributed by atoms with Crippen LogP contribution in [-0.2, 0) is 0 Å². The van der Waals surface area contributed by atoms with Crippen LogP contribution in [0.4, 0.5) is 0 Å². The summed E-state index contributed by atoms with van der Waals surface area (Å²) in [4.78, 5) is 2.50. The maximum atomic E-state index is 5.91. The van der Waals surface area contributed by atoms with E-state index in [1.54, 1.807) is 0 Å². The zero-order chi connectivity index (χ0) is 13.8. The van der Waals surface area contributed by atoms with Gasteiger partial charge in [-0.05, 0) is 52.4 Å². The van der Waals surface area contributed by atoms with Crippen molar-refractivity contribution in [3.05, 3.63) is 27.7 Å². The summed E-state index contributed by atoms with van der Waals surface area (Å²) in [6, 6.07) is 5.63. The van der Waals surface area contributed by atoms with E-state index < -0.39 is 0 Å². The minimum Gasteiger partial charge on any atom is -0.491 e. The highest BCUT2D eigenvalue weighted by molar-refractivity contribution is 9.10. The van der Waals surface area contributed by atoms with Crippen molar-refractivity contribution < 1.29 is 4.74 Å². The van der Waals surface area contributed by atoms with Gasteiger partial charge in [-0.2, -0.15) is 0 Å². The van der Waals surface area contributed by atoms with Crippen molar-refractivity contribution >= 4 is 27.5 Å². The first kappa shape index (κ1) is 15.1. The van der Waals surface area contributed by atoms with Crippen molar-refractivity contribution in [2.75, 3.05) is 26.2 Å². The number of rotatable bonds is 4. The number of piperidine rings is 1. The molecule has 2 unspecified atom stereocenters. The summed E-state index contributed by atoms with van der Waals surface area (Å²) in [5.41, 5.74) is 0.